The Morgan fingerprint density at radius 2 is 1.72 bits per heavy atom. The first-order valence-corrected chi connectivity index (χ1v) is 6.33. The molecule has 0 saturated carbocycles. The molecule has 1 amide bonds. The summed E-state index contributed by atoms with van der Waals surface area (Å²) in [7, 11) is 0. The van der Waals surface area contributed by atoms with Crippen molar-refractivity contribution in [1.82, 2.24) is 5.32 Å². The van der Waals surface area contributed by atoms with Crippen LogP contribution in [0.1, 0.15) is 37.7 Å². The SMILES string of the molecule is Cl.NCCCCCCC(=O)NCc1ccccc1. The third kappa shape index (κ3) is 8.09. The van der Waals surface area contributed by atoms with Crippen molar-refractivity contribution in [2.45, 2.75) is 38.6 Å². The second-order valence-electron chi connectivity index (χ2n) is 4.22. The summed E-state index contributed by atoms with van der Waals surface area (Å²) >= 11 is 0. The third-order valence-electron chi connectivity index (χ3n) is 2.69. The molecule has 1 rings (SSSR count). The third-order valence-corrected chi connectivity index (χ3v) is 2.69. The van der Waals surface area contributed by atoms with Gasteiger partial charge in [0, 0.05) is 13.0 Å². The van der Waals surface area contributed by atoms with Crippen molar-refractivity contribution in [2.75, 3.05) is 6.54 Å². The van der Waals surface area contributed by atoms with E-state index in [-0.39, 0.29) is 18.3 Å². The van der Waals surface area contributed by atoms with Crippen molar-refractivity contribution < 1.29 is 4.79 Å². The zero-order valence-corrected chi connectivity index (χ0v) is 11.5. The first-order chi connectivity index (χ1) is 8.33. The molecule has 0 atom stereocenters. The molecule has 0 aliphatic rings. The number of nitrogens with two attached hydrogens (primary N) is 1. The summed E-state index contributed by atoms with van der Waals surface area (Å²) in [5.74, 6) is 0.140. The number of nitrogens with one attached hydrogen (secondary N) is 1. The summed E-state index contributed by atoms with van der Waals surface area (Å²) in [6.45, 7) is 1.38. The van der Waals surface area contributed by atoms with Crippen LogP contribution in [0, 0.1) is 0 Å². The number of amides is 1. The molecule has 0 spiro atoms. The van der Waals surface area contributed by atoms with E-state index in [1.807, 2.05) is 30.3 Å². The van der Waals surface area contributed by atoms with Gasteiger partial charge in [-0.15, -0.1) is 12.4 Å². The van der Waals surface area contributed by atoms with Gasteiger partial charge in [-0.25, -0.2) is 0 Å². The average molecular weight is 271 g/mol. The Morgan fingerprint density at radius 3 is 2.39 bits per heavy atom. The lowest BCUT2D eigenvalue weighted by atomic mass is 10.1. The molecule has 0 fully saturated rings. The number of benzene rings is 1. The Hall–Kier alpha value is -1.06. The van der Waals surface area contributed by atoms with Crippen LogP contribution in [0.2, 0.25) is 0 Å². The van der Waals surface area contributed by atoms with Gasteiger partial charge in [-0.1, -0.05) is 43.2 Å². The van der Waals surface area contributed by atoms with Gasteiger partial charge in [-0.2, -0.15) is 0 Å². The number of carbonyl (C=O) groups excluding carboxylic acids is 1. The Morgan fingerprint density at radius 1 is 1.06 bits per heavy atom. The Labute approximate surface area is 116 Å². The first-order valence-electron chi connectivity index (χ1n) is 6.33. The van der Waals surface area contributed by atoms with Crippen molar-refractivity contribution in [3.8, 4) is 0 Å². The summed E-state index contributed by atoms with van der Waals surface area (Å²) in [4.78, 5) is 11.5. The van der Waals surface area contributed by atoms with Crippen molar-refractivity contribution in [1.29, 1.82) is 0 Å². The van der Waals surface area contributed by atoms with Crippen molar-refractivity contribution in [2.24, 2.45) is 5.73 Å². The lowest BCUT2D eigenvalue weighted by Crippen LogP contribution is -2.22. The first kappa shape index (κ1) is 16.9. The van der Waals surface area contributed by atoms with Gasteiger partial charge in [0.25, 0.3) is 0 Å². The lowest BCUT2D eigenvalue weighted by Gasteiger charge is -2.05. The van der Waals surface area contributed by atoms with Crippen molar-refractivity contribution in [3.05, 3.63) is 35.9 Å². The summed E-state index contributed by atoms with van der Waals surface area (Å²) < 4.78 is 0. The van der Waals surface area contributed by atoms with E-state index >= 15 is 0 Å². The quantitative estimate of drug-likeness (QED) is 0.714. The predicted octanol–water partition coefficient (Wildman–Crippen LogP) is 2.63. The minimum absolute atomic E-state index is 0. The number of halogens is 1. The highest BCUT2D eigenvalue weighted by Crippen LogP contribution is 2.03. The van der Waals surface area contributed by atoms with Crippen LogP contribution >= 0.6 is 12.4 Å². The number of carbonyl (C=O) groups is 1. The normalized spacial score (nSPS) is 9.61. The van der Waals surface area contributed by atoms with E-state index in [4.69, 9.17) is 5.73 Å². The van der Waals surface area contributed by atoms with Crippen LogP contribution < -0.4 is 11.1 Å². The highest BCUT2D eigenvalue weighted by molar-refractivity contribution is 5.85. The molecule has 0 heterocycles. The molecule has 102 valence electrons. The molecule has 3 nitrogen and oxygen atoms in total. The molecule has 18 heavy (non-hydrogen) atoms. The summed E-state index contributed by atoms with van der Waals surface area (Å²) in [6.07, 6.45) is 4.86. The minimum atomic E-state index is 0. The van der Waals surface area contributed by atoms with Gasteiger partial charge in [-0.05, 0) is 24.9 Å². The van der Waals surface area contributed by atoms with Crippen molar-refractivity contribution >= 4 is 18.3 Å². The predicted molar refractivity (Wildman–Crippen MR) is 77.7 cm³/mol. The van der Waals surface area contributed by atoms with E-state index < -0.39 is 0 Å². The lowest BCUT2D eigenvalue weighted by molar-refractivity contribution is -0.121. The standard InChI is InChI=1S/C14H22N2O.ClH/c15-11-7-2-1-6-10-14(17)16-12-13-8-4-3-5-9-13;/h3-5,8-9H,1-2,6-7,10-12,15H2,(H,16,17);1H. The maximum Gasteiger partial charge on any atom is 0.220 e. The van der Waals surface area contributed by atoms with Gasteiger partial charge in [-0.3, -0.25) is 4.79 Å². The fraction of sp³-hybridized carbons (Fsp3) is 0.500. The van der Waals surface area contributed by atoms with Crippen LogP contribution in [-0.4, -0.2) is 12.5 Å². The second-order valence-corrected chi connectivity index (χ2v) is 4.22. The highest BCUT2D eigenvalue weighted by atomic mass is 35.5. The molecule has 0 bridgehead atoms. The maximum absolute atomic E-state index is 11.5. The van der Waals surface area contributed by atoms with Crippen LogP contribution in [0.3, 0.4) is 0 Å². The molecule has 0 unspecified atom stereocenters. The van der Waals surface area contributed by atoms with Gasteiger partial charge in [0.15, 0.2) is 0 Å². The van der Waals surface area contributed by atoms with Crippen LogP contribution in [0.25, 0.3) is 0 Å². The number of hydrogen-bond acceptors (Lipinski definition) is 2. The van der Waals surface area contributed by atoms with Gasteiger partial charge in [0.1, 0.15) is 0 Å². The van der Waals surface area contributed by atoms with Crippen LogP contribution in [-0.2, 0) is 11.3 Å². The van der Waals surface area contributed by atoms with Crippen LogP contribution in [0.5, 0.6) is 0 Å². The summed E-state index contributed by atoms with van der Waals surface area (Å²) in [5.41, 5.74) is 6.55. The molecule has 1 aromatic carbocycles. The fourth-order valence-corrected chi connectivity index (χ4v) is 1.67. The fourth-order valence-electron chi connectivity index (χ4n) is 1.67. The molecule has 0 aromatic heterocycles. The van der Waals surface area contributed by atoms with Gasteiger partial charge < -0.3 is 11.1 Å². The van der Waals surface area contributed by atoms with Crippen LogP contribution in [0.15, 0.2) is 30.3 Å². The molecular formula is C14H23ClN2O. The Kier molecular flexibility index (Phi) is 10.4. The topological polar surface area (TPSA) is 55.1 Å². The molecule has 4 heteroatoms. The molecule has 3 N–H and O–H groups in total. The van der Waals surface area contributed by atoms with Gasteiger partial charge in [0.2, 0.25) is 5.91 Å². The monoisotopic (exact) mass is 270 g/mol. The second kappa shape index (κ2) is 11.1. The van der Waals surface area contributed by atoms with E-state index in [1.165, 1.54) is 0 Å². The van der Waals surface area contributed by atoms with E-state index in [2.05, 4.69) is 5.32 Å². The average Bonchev–Trinajstić information content (AvgIpc) is 2.37. The van der Waals surface area contributed by atoms with Gasteiger partial charge in [0.05, 0.1) is 0 Å². The zero-order chi connectivity index (χ0) is 12.3. The molecule has 0 aliphatic carbocycles. The maximum atomic E-state index is 11.5. The molecule has 0 aliphatic heterocycles. The van der Waals surface area contributed by atoms with E-state index in [9.17, 15) is 4.79 Å². The molecule has 0 saturated heterocycles. The Bertz CT molecular complexity index is 317. The van der Waals surface area contributed by atoms with Crippen molar-refractivity contribution in [3.63, 3.8) is 0 Å². The van der Waals surface area contributed by atoms with E-state index in [0.717, 1.165) is 37.8 Å². The molecular weight excluding hydrogens is 248 g/mol. The van der Waals surface area contributed by atoms with E-state index in [0.29, 0.717) is 13.0 Å². The molecule has 1 aromatic rings. The summed E-state index contributed by atoms with van der Waals surface area (Å²) in [6, 6.07) is 9.97. The number of hydrogen-bond donors (Lipinski definition) is 2. The van der Waals surface area contributed by atoms with Gasteiger partial charge >= 0.3 is 0 Å². The highest BCUT2D eigenvalue weighted by Gasteiger charge is 2.00. The van der Waals surface area contributed by atoms with Crippen LogP contribution in [0.4, 0.5) is 0 Å². The summed E-state index contributed by atoms with van der Waals surface area (Å²) in [5, 5.41) is 2.93. The minimum Gasteiger partial charge on any atom is -0.352 e. The number of unbranched alkanes of at least 4 members (excludes halogenated alkanes) is 3. The largest absolute Gasteiger partial charge is 0.352 e. The number of rotatable bonds is 8. The smallest absolute Gasteiger partial charge is 0.220 e. The Balaban J connectivity index is 0.00000289. The zero-order valence-electron chi connectivity index (χ0n) is 10.7. The van der Waals surface area contributed by atoms with E-state index in [1.54, 1.807) is 0 Å². The molecule has 0 radical (unpaired) electrons.